The summed E-state index contributed by atoms with van der Waals surface area (Å²) in [6, 6.07) is 30.4. The number of benzene rings is 4. The van der Waals surface area contributed by atoms with Crippen molar-refractivity contribution < 1.29 is 0 Å². The Bertz CT molecular complexity index is 1110. The third-order valence-corrected chi connectivity index (χ3v) is 5.75. The Balaban J connectivity index is 0.000000143. The van der Waals surface area contributed by atoms with Gasteiger partial charge in [-0.1, -0.05) is 104 Å². The van der Waals surface area contributed by atoms with Crippen molar-refractivity contribution in [3.8, 4) is 11.1 Å². The molecule has 0 bridgehead atoms. The molecule has 4 aromatic carbocycles. The number of aryl methyl sites for hydroxylation is 2. The Morgan fingerprint density at radius 1 is 0.593 bits per heavy atom. The minimum Gasteiger partial charge on any atom is -0.0619 e. The highest BCUT2D eigenvalue weighted by molar-refractivity contribution is 5.85. The van der Waals surface area contributed by atoms with Crippen LogP contribution in [0.3, 0.4) is 0 Å². The molecule has 0 saturated heterocycles. The first-order chi connectivity index (χ1) is 13.0. The Kier molecular flexibility index (Phi) is 4.36. The van der Waals surface area contributed by atoms with Crippen LogP contribution >= 0.6 is 0 Å². The Labute approximate surface area is 162 Å². The van der Waals surface area contributed by atoms with Gasteiger partial charge >= 0.3 is 0 Å². The molecule has 4 aromatic rings. The van der Waals surface area contributed by atoms with E-state index < -0.39 is 0 Å². The van der Waals surface area contributed by atoms with Crippen LogP contribution in [0.4, 0.5) is 0 Å². The predicted molar refractivity (Wildman–Crippen MR) is 117 cm³/mol. The normalized spacial score (nSPS) is 13.5. The molecule has 134 valence electrons. The number of hydrogen-bond acceptors (Lipinski definition) is 0. The zero-order chi connectivity index (χ0) is 19.0. The van der Waals surface area contributed by atoms with Crippen LogP contribution in [0, 0.1) is 13.8 Å². The minimum absolute atomic E-state index is 0.151. The second-order valence-corrected chi connectivity index (χ2v) is 8.02. The smallest absolute Gasteiger partial charge is 0.0158 e. The van der Waals surface area contributed by atoms with Crippen LogP contribution < -0.4 is 0 Å². The molecule has 27 heavy (non-hydrogen) atoms. The second-order valence-electron chi connectivity index (χ2n) is 8.02. The van der Waals surface area contributed by atoms with Crippen molar-refractivity contribution in [1.29, 1.82) is 0 Å². The molecule has 0 unspecified atom stereocenters. The van der Waals surface area contributed by atoms with Gasteiger partial charge in [-0.15, -0.1) is 0 Å². The molecule has 5 rings (SSSR count). The van der Waals surface area contributed by atoms with Crippen LogP contribution in [0.5, 0.6) is 0 Å². The highest BCUT2D eigenvalue weighted by Crippen LogP contribution is 2.48. The van der Waals surface area contributed by atoms with Crippen LogP contribution in [-0.4, -0.2) is 0 Å². The van der Waals surface area contributed by atoms with Gasteiger partial charge in [-0.25, -0.2) is 0 Å². The van der Waals surface area contributed by atoms with Crippen molar-refractivity contribution in [2.24, 2.45) is 0 Å². The lowest BCUT2D eigenvalue weighted by atomic mass is 9.82. The fraction of sp³-hybridized carbons (Fsp3) is 0.185. The molecular weight excluding hydrogens is 324 g/mol. The van der Waals surface area contributed by atoms with E-state index in [1.165, 1.54) is 44.2 Å². The molecule has 0 N–H and O–H groups in total. The van der Waals surface area contributed by atoms with Crippen molar-refractivity contribution in [3.63, 3.8) is 0 Å². The Hall–Kier alpha value is -2.86. The molecule has 0 fully saturated rings. The van der Waals surface area contributed by atoms with Crippen molar-refractivity contribution in [2.45, 2.75) is 33.1 Å². The maximum atomic E-state index is 2.33. The van der Waals surface area contributed by atoms with Gasteiger partial charge < -0.3 is 0 Å². The Morgan fingerprint density at radius 2 is 1.26 bits per heavy atom. The van der Waals surface area contributed by atoms with Gasteiger partial charge in [0, 0.05) is 5.41 Å². The predicted octanol–water partition coefficient (Wildman–Crippen LogP) is 7.45. The summed E-state index contributed by atoms with van der Waals surface area (Å²) in [5.74, 6) is 0. The second kappa shape index (κ2) is 6.70. The van der Waals surface area contributed by atoms with Crippen LogP contribution in [0.1, 0.15) is 36.1 Å². The summed E-state index contributed by atoms with van der Waals surface area (Å²) in [5.41, 5.74) is 8.58. The summed E-state index contributed by atoms with van der Waals surface area (Å²) in [7, 11) is 0. The third-order valence-electron chi connectivity index (χ3n) is 5.75. The van der Waals surface area contributed by atoms with Crippen LogP contribution in [0.25, 0.3) is 21.9 Å². The van der Waals surface area contributed by atoms with E-state index in [1.54, 1.807) is 0 Å². The van der Waals surface area contributed by atoms with Crippen molar-refractivity contribution in [1.82, 2.24) is 0 Å². The van der Waals surface area contributed by atoms with Gasteiger partial charge in [0.2, 0.25) is 0 Å². The molecule has 0 aromatic heterocycles. The maximum Gasteiger partial charge on any atom is 0.0158 e. The third kappa shape index (κ3) is 3.06. The quantitative estimate of drug-likeness (QED) is 0.309. The minimum atomic E-state index is 0.151. The zero-order valence-corrected chi connectivity index (χ0v) is 16.6. The first-order valence-corrected chi connectivity index (χ1v) is 9.64. The lowest BCUT2D eigenvalue weighted by molar-refractivity contribution is 0.660. The summed E-state index contributed by atoms with van der Waals surface area (Å²) in [6.45, 7) is 8.94. The van der Waals surface area contributed by atoms with Gasteiger partial charge in [-0.3, -0.25) is 0 Å². The first kappa shape index (κ1) is 17.5. The van der Waals surface area contributed by atoms with E-state index >= 15 is 0 Å². The fourth-order valence-corrected chi connectivity index (χ4v) is 4.21. The molecule has 0 heterocycles. The number of fused-ring (bicyclic) bond motifs is 4. The van der Waals surface area contributed by atoms with Gasteiger partial charge in [-0.05, 0) is 52.4 Å². The molecule has 0 heteroatoms. The molecule has 0 radical (unpaired) electrons. The van der Waals surface area contributed by atoms with Gasteiger partial charge in [0.25, 0.3) is 0 Å². The molecule has 0 atom stereocenters. The number of rotatable bonds is 0. The molecule has 0 nitrogen and oxygen atoms in total. The maximum absolute atomic E-state index is 2.33. The van der Waals surface area contributed by atoms with E-state index in [1.807, 2.05) is 0 Å². The monoisotopic (exact) mass is 350 g/mol. The molecular formula is C27H26. The SMILES string of the molecule is Cc1ccc2c(c1)C(C)(C)c1ccccc1-2.Cc1cccc2ccccc12. The lowest BCUT2D eigenvalue weighted by Crippen LogP contribution is -2.14. The fourth-order valence-electron chi connectivity index (χ4n) is 4.21. The lowest BCUT2D eigenvalue weighted by Gasteiger charge is -2.21. The molecule has 1 aliphatic carbocycles. The zero-order valence-electron chi connectivity index (χ0n) is 16.6. The van der Waals surface area contributed by atoms with Crippen LogP contribution in [-0.2, 0) is 5.41 Å². The summed E-state index contributed by atoms with van der Waals surface area (Å²) in [4.78, 5) is 0. The van der Waals surface area contributed by atoms with Gasteiger partial charge in [0.1, 0.15) is 0 Å². The van der Waals surface area contributed by atoms with Crippen molar-refractivity contribution in [3.05, 3.63) is 107 Å². The van der Waals surface area contributed by atoms with Crippen LogP contribution in [0.2, 0.25) is 0 Å². The molecule has 0 spiro atoms. The van der Waals surface area contributed by atoms with E-state index in [-0.39, 0.29) is 5.41 Å². The van der Waals surface area contributed by atoms with Crippen molar-refractivity contribution >= 4 is 10.8 Å². The van der Waals surface area contributed by atoms with Gasteiger partial charge in [-0.2, -0.15) is 0 Å². The summed E-state index contributed by atoms with van der Waals surface area (Å²) >= 11 is 0. The molecule has 1 aliphatic rings. The van der Waals surface area contributed by atoms with Crippen LogP contribution in [0.15, 0.2) is 84.9 Å². The van der Waals surface area contributed by atoms with E-state index in [9.17, 15) is 0 Å². The first-order valence-electron chi connectivity index (χ1n) is 9.64. The van der Waals surface area contributed by atoms with E-state index in [4.69, 9.17) is 0 Å². The highest BCUT2D eigenvalue weighted by Gasteiger charge is 2.34. The van der Waals surface area contributed by atoms with Gasteiger partial charge in [0.05, 0.1) is 0 Å². The summed E-state index contributed by atoms with van der Waals surface area (Å²) in [6.07, 6.45) is 0. The summed E-state index contributed by atoms with van der Waals surface area (Å²) in [5, 5.41) is 2.68. The largest absolute Gasteiger partial charge is 0.0619 e. The highest BCUT2D eigenvalue weighted by atomic mass is 14.4. The van der Waals surface area contributed by atoms with E-state index in [2.05, 4.69) is 113 Å². The molecule has 0 saturated carbocycles. The van der Waals surface area contributed by atoms with E-state index in [0.717, 1.165) is 0 Å². The van der Waals surface area contributed by atoms with E-state index in [0.29, 0.717) is 0 Å². The van der Waals surface area contributed by atoms with Gasteiger partial charge in [0.15, 0.2) is 0 Å². The average molecular weight is 351 g/mol. The summed E-state index contributed by atoms with van der Waals surface area (Å²) < 4.78 is 0. The average Bonchev–Trinajstić information content (AvgIpc) is 2.90. The standard InChI is InChI=1S/C16H16.C11H10/c1-11-8-9-13-12-6-4-5-7-14(12)16(2,3)15(13)10-11;1-9-5-4-7-10-6-2-3-8-11(9)10/h4-10H,1-3H3;2-8H,1H3. The topological polar surface area (TPSA) is 0 Å². The van der Waals surface area contributed by atoms with Crippen molar-refractivity contribution in [2.75, 3.05) is 0 Å². The number of hydrogen-bond donors (Lipinski definition) is 0. The molecule has 0 aliphatic heterocycles. The Morgan fingerprint density at radius 3 is 2.07 bits per heavy atom. The molecule has 0 amide bonds.